The summed E-state index contributed by atoms with van der Waals surface area (Å²) >= 11 is 0.726. The average molecular weight is 745 g/mol. The number of anilines is 3. The molecule has 11 nitrogen and oxygen atoms in total. The second-order valence-corrected chi connectivity index (χ2v) is 18.3. The largest absolute Gasteiger partial charge is 0.444 e. The number of benzene rings is 1. The Morgan fingerprint density at radius 1 is 1.00 bits per heavy atom. The Morgan fingerprint density at radius 2 is 1.69 bits per heavy atom. The Kier molecular flexibility index (Phi) is 8.09. The number of fused-ring (bicyclic) bond motifs is 3. The van der Waals surface area contributed by atoms with E-state index in [2.05, 4.69) is 26.3 Å². The number of carbonyl (C=O) groups is 2. The summed E-state index contributed by atoms with van der Waals surface area (Å²) in [5.41, 5.74) is 0.491. The zero-order chi connectivity index (χ0) is 36.0. The highest BCUT2D eigenvalue weighted by Gasteiger charge is 2.45. The predicted octanol–water partition coefficient (Wildman–Crippen LogP) is 6.82. The molecule has 16 heteroatoms. The van der Waals surface area contributed by atoms with Gasteiger partial charge in [0.1, 0.15) is 16.0 Å². The van der Waals surface area contributed by atoms with E-state index in [1.54, 1.807) is 0 Å². The molecule has 4 fully saturated rings. The Labute approximate surface area is 298 Å². The third-order valence-corrected chi connectivity index (χ3v) is 13.1. The lowest BCUT2D eigenvalue weighted by Crippen LogP contribution is -2.56. The van der Waals surface area contributed by atoms with E-state index in [-0.39, 0.29) is 63.0 Å². The number of amides is 2. The number of rotatable bonds is 6. The molecule has 8 rings (SSSR count). The molecular weight excluding hydrogens is 706 g/mol. The molecule has 2 aromatic heterocycles. The highest BCUT2D eigenvalue weighted by molar-refractivity contribution is 7.91. The van der Waals surface area contributed by atoms with E-state index in [0.29, 0.717) is 25.0 Å². The summed E-state index contributed by atoms with van der Waals surface area (Å²) in [6, 6.07) is 7.13. The number of hydrogen-bond donors (Lipinski definition) is 1. The van der Waals surface area contributed by atoms with Gasteiger partial charge in [0.05, 0.1) is 33.3 Å². The third-order valence-electron chi connectivity index (χ3n) is 10.2. The van der Waals surface area contributed by atoms with Crippen molar-refractivity contribution in [2.45, 2.75) is 100 Å². The topological polar surface area (TPSA) is 125 Å². The maximum Gasteiger partial charge on any atom is 0.420 e. The fourth-order valence-electron chi connectivity index (χ4n) is 7.44. The first kappa shape index (κ1) is 34.2. The summed E-state index contributed by atoms with van der Waals surface area (Å²) < 4.78 is 75.0. The standard InChI is InChI=1S/C35H39F3N6O5S2/c1-34(2,3)49-33(46)44-22-8-9-23(44)18-42(17-22)21-10-11-26(24(14-21)19-4-5-19)40-32-39-16-25(35(36,37)38)29(41-32)27-15-28-30(50-27)31(45)43(20-6-7-20)12-13-51(28,47)48/h10-11,14-16,19-20,22-23H,4-9,12-13,17-18H2,1-3H3,(H,39,40,41). The Hall–Kier alpha value is -3.92. The number of nitrogens with zero attached hydrogens (tertiary/aromatic N) is 5. The SMILES string of the molecule is CC(C)(C)OC(=O)N1C2CCC1CN(c1ccc(Nc3ncc(C(F)(F)F)c(-c4cc5c(s4)C(=O)N(C4CC4)CCS5(=O)=O)n3)c(C3CC3)c1)C2. The molecule has 2 aliphatic carbocycles. The Morgan fingerprint density at radius 3 is 2.31 bits per heavy atom. The fraction of sp³-hybridized carbons (Fsp3) is 0.543. The molecule has 51 heavy (non-hydrogen) atoms. The van der Waals surface area contributed by atoms with Crippen LogP contribution in [0.5, 0.6) is 0 Å². The minimum absolute atomic E-state index is 0.0362. The van der Waals surface area contributed by atoms with Crippen LogP contribution in [0.4, 0.5) is 35.3 Å². The second-order valence-electron chi connectivity index (χ2n) is 15.2. The Bertz CT molecular complexity index is 2010. The van der Waals surface area contributed by atoms with Crippen molar-refractivity contribution in [2.75, 3.05) is 35.6 Å². The van der Waals surface area contributed by atoms with Gasteiger partial charge < -0.3 is 19.9 Å². The van der Waals surface area contributed by atoms with Gasteiger partial charge in [-0.05, 0) is 95.0 Å². The number of alkyl halides is 3. The molecule has 5 aliphatic rings. The van der Waals surface area contributed by atoms with E-state index >= 15 is 0 Å². The van der Waals surface area contributed by atoms with Crippen LogP contribution >= 0.6 is 11.3 Å². The molecule has 5 heterocycles. The lowest BCUT2D eigenvalue weighted by Gasteiger charge is -2.42. The minimum Gasteiger partial charge on any atom is -0.444 e. The zero-order valence-electron chi connectivity index (χ0n) is 28.5. The molecule has 272 valence electrons. The van der Waals surface area contributed by atoms with Crippen LogP contribution in [0.3, 0.4) is 0 Å². The van der Waals surface area contributed by atoms with Crippen molar-refractivity contribution < 1.29 is 35.9 Å². The van der Waals surface area contributed by atoms with E-state index in [1.165, 1.54) is 4.90 Å². The highest BCUT2D eigenvalue weighted by atomic mass is 32.2. The van der Waals surface area contributed by atoms with Gasteiger partial charge in [0.15, 0.2) is 9.84 Å². The summed E-state index contributed by atoms with van der Waals surface area (Å²) in [7, 11) is -3.91. The monoisotopic (exact) mass is 744 g/mol. The minimum atomic E-state index is -4.83. The van der Waals surface area contributed by atoms with Crippen molar-refractivity contribution in [1.82, 2.24) is 19.8 Å². The summed E-state index contributed by atoms with van der Waals surface area (Å²) in [6.45, 7) is 6.98. The van der Waals surface area contributed by atoms with Crippen LogP contribution in [-0.2, 0) is 20.8 Å². The number of halogens is 3. The van der Waals surface area contributed by atoms with Crippen molar-refractivity contribution in [3.63, 3.8) is 0 Å². The average Bonchev–Trinajstić information content (AvgIpc) is 3.99. The van der Waals surface area contributed by atoms with E-state index in [0.717, 1.165) is 67.2 Å². The van der Waals surface area contributed by atoms with Gasteiger partial charge in [-0.2, -0.15) is 13.2 Å². The van der Waals surface area contributed by atoms with Crippen molar-refractivity contribution in [3.05, 3.63) is 46.5 Å². The first-order chi connectivity index (χ1) is 24.1. The van der Waals surface area contributed by atoms with Crippen molar-refractivity contribution in [3.8, 4) is 10.6 Å². The van der Waals surface area contributed by atoms with Gasteiger partial charge in [0.25, 0.3) is 5.91 Å². The molecular formula is C35H39F3N6O5S2. The lowest BCUT2D eigenvalue weighted by atomic mass is 10.1. The van der Waals surface area contributed by atoms with Gasteiger partial charge in [-0.3, -0.25) is 9.69 Å². The molecule has 1 aromatic carbocycles. The van der Waals surface area contributed by atoms with E-state index in [9.17, 15) is 31.2 Å². The smallest absolute Gasteiger partial charge is 0.420 e. The molecule has 3 aliphatic heterocycles. The van der Waals surface area contributed by atoms with Gasteiger partial charge in [0.2, 0.25) is 5.95 Å². The quantitative estimate of drug-likeness (QED) is 0.289. The number of ether oxygens (including phenoxy) is 1. The van der Waals surface area contributed by atoms with Crippen LogP contribution in [0.2, 0.25) is 0 Å². The third kappa shape index (κ3) is 6.64. The number of piperazine rings is 1. The number of nitrogens with one attached hydrogen (secondary N) is 1. The van der Waals surface area contributed by atoms with Crippen LogP contribution in [-0.4, -0.2) is 89.3 Å². The molecule has 2 atom stereocenters. The molecule has 0 radical (unpaired) electrons. The van der Waals surface area contributed by atoms with Crippen LogP contribution < -0.4 is 10.2 Å². The number of hydrogen-bond acceptors (Lipinski definition) is 10. The summed E-state index contributed by atoms with van der Waals surface area (Å²) in [5.74, 6) is -0.574. The van der Waals surface area contributed by atoms with E-state index in [1.807, 2.05) is 37.8 Å². The van der Waals surface area contributed by atoms with Gasteiger partial charge in [0, 0.05) is 43.2 Å². The van der Waals surface area contributed by atoms with Gasteiger partial charge in [-0.25, -0.2) is 23.2 Å². The summed E-state index contributed by atoms with van der Waals surface area (Å²) in [5, 5.41) is 3.15. The molecule has 1 N–H and O–H groups in total. The van der Waals surface area contributed by atoms with Crippen LogP contribution in [0, 0.1) is 0 Å². The molecule has 0 spiro atoms. The summed E-state index contributed by atoms with van der Waals surface area (Å²) in [6.07, 6.45) is 0.869. The summed E-state index contributed by atoms with van der Waals surface area (Å²) in [4.78, 5) is 40.0. The molecule has 2 unspecified atom stereocenters. The van der Waals surface area contributed by atoms with Gasteiger partial charge in [-0.1, -0.05) is 0 Å². The number of sulfone groups is 1. The first-order valence-corrected chi connectivity index (χ1v) is 19.8. The van der Waals surface area contributed by atoms with Crippen molar-refractivity contribution in [1.29, 1.82) is 0 Å². The number of thiophene rings is 1. The molecule has 2 saturated carbocycles. The maximum absolute atomic E-state index is 14.3. The van der Waals surface area contributed by atoms with Gasteiger partial charge in [-0.15, -0.1) is 11.3 Å². The van der Waals surface area contributed by atoms with Crippen molar-refractivity contribution in [2.24, 2.45) is 0 Å². The molecule has 2 amide bonds. The highest BCUT2D eigenvalue weighted by Crippen LogP contribution is 2.47. The van der Waals surface area contributed by atoms with Crippen LogP contribution in [0.15, 0.2) is 35.4 Å². The number of aromatic nitrogens is 2. The first-order valence-electron chi connectivity index (χ1n) is 17.3. The van der Waals surface area contributed by atoms with Crippen LogP contribution in [0.1, 0.15) is 86.0 Å². The van der Waals surface area contributed by atoms with E-state index < -0.39 is 38.8 Å². The van der Waals surface area contributed by atoms with Crippen LogP contribution in [0.25, 0.3) is 10.6 Å². The normalized spacial score (nSPS) is 23.3. The number of carbonyl (C=O) groups excluding carboxylic acids is 2. The second kappa shape index (κ2) is 12.1. The van der Waals surface area contributed by atoms with Crippen molar-refractivity contribution >= 4 is 50.5 Å². The fourth-order valence-corrected chi connectivity index (χ4v) is 10.4. The predicted molar refractivity (Wildman–Crippen MR) is 185 cm³/mol. The maximum atomic E-state index is 14.3. The van der Waals surface area contributed by atoms with Gasteiger partial charge >= 0.3 is 12.3 Å². The lowest BCUT2D eigenvalue weighted by molar-refractivity contribution is -0.137. The zero-order valence-corrected chi connectivity index (χ0v) is 30.1. The molecule has 3 aromatic rings. The Balaban J connectivity index is 1.08. The molecule has 2 saturated heterocycles. The molecule has 2 bridgehead atoms. The van der Waals surface area contributed by atoms with E-state index in [4.69, 9.17) is 4.74 Å².